The largest absolute Gasteiger partial charge is 0.392 e. The minimum Gasteiger partial charge on any atom is -0.392 e. The van der Waals surface area contributed by atoms with Gasteiger partial charge in [-0.05, 0) is 51.2 Å². The number of epoxide rings is 1. The van der Waals surface area contributed by atoms with Crippen LogP contribution in [0.25, 0.3) is 6.08 Å². The minimum atomic E-state index is -1.04. The van der Waals surface area contributed by atoms with Gasteiger partial charge in [-0.25, -0.2) is 4.98 Å². The van der Waals surface area contributed by atoms with E-state index in [0.717, 1.165) is 42.0 Å². The van der Waals surface area contributed by atoms with Crippen molar-refractivity contribution in [3.05, 3.63) is 21.7 Å². The molecule has 0 aliphatic carbocycles. The van der Waals surface area contributed by atoms with E-state index in [9.17, 15) is 14.7 Å². The molecule has 0 unspecified atom stereocenters. The lowest BCUT2D eigenvalue weighted by molar-refractivity contribution is -0.139. The molecule has 0 aromatic carbocycles. The van der Waals surface area contributed by atoms with Gasteiger partial charge < -0.3 is 15.2 Å². The minimum absolute atomic E-state index is 0.0239. The number of aryl methyl sites for hydroxylation is 1. The second-order valence-corrected chi connectivity index (χ2v) is 12.5. The summed E-state index contributed by atoms with van der Waals surface area (Å²) < 4.78 is 6.13. The fraction of sp³-hybridized carbons (Fsp3) is 0.741. The molecule has 190 valence electrons. The van der Waals surface area contributed by atoms with Crippen molar-refractivity contribution in [2.24, 2.45) is 17.3 Å². The predicted molar refractivity (Wildman–Crippen MR) is 137 cm³/mol. The number of thiazole rings is 1. The number of amides is 1. The number of aromatic nitrogens is 1. The molecule has 0 radical (unpaired) electrons. The Hall–Kier alpha value is -1.57. The van der Waals surface area contributed by atoms with Gasteiger partial charge in [0.1, 0.15) is 5.78 Å². The van der Waals surface area contributed by atoms with E-state index in [-0.39, 0.29) is 41.8 Å². The van der Waals surface area contributed by atoms with Crippen LogP contribution in [0.15, 0.2) is 11.0 Å². The number of aliphatic hydroxyl groups is 1. The maximum Gasteiger partial charge on any atom is 0.223 e. The molecule has 34 heavy (non-hydrogen) atoms. The Kier molecular flexibility index (Phi) is 8.42. The fourth-order valence-corrected chi connectivity index (χ4v) is 5.84. The van der Waals surface area contributed by atoms with E-state index < -0.39 is 11.5 Å². The average molecular weight is 491 g/mol. The summed E-state index contributed by atoms with van der Waals surface area (Å²) in [6.45, 7) is 13.8. The number of ether oxygens (including phenoxy) is 1. The molecule has 0 saturated carbocycles. The maximum absolute atomic E-state index is 13.2. The molecule has 0 spiro atoms. The topological polar surface area (TPSA) is 91.8 Å². The maximum atomic E-state index is 13.2. The van der Waals surface area contributed by atoms with Crippen LogP contribution in [0.3, 0.4) is 0 Å². The van der Waals surface area contributed by atoms with Gasteiger partial charge in [-0.1, -0.05) is 40.5 Å². The summed E-state index contributed by atoms with van der Waals surface area (Å²) >= 11 is 1.60. The van der Waals surface area contributed by atoms with Gasteiger partial charge in [-0.2, -0.15) is 0 Å². The molecular formula is C27H42N2O4S. The van der Waals surface area contributed by atoms with Crippen LogP contribution in [0.4, 0.5) is 0 Å². The Balaban J connectivity index is 1.83. The van der Waals surface area contributed by atoms with Gasteiger partial charge in [-0.15, -0.1) is 11.3 Å². The summed E-state index contributed by atoms with van der Waals surface area (Å²) in [5.41, 5.74) is 0.741. The van der Waals surface area contributed by atoms with Gasteiger partial charge in [0.2, 0.25) is 5.91 Å². The molecule has 2 fully saturated rings. The Morgan fingerprint density at radius 1 is 1.26 bits per heavy atom. The molecule has 1 aromatic rings. The average Bonchev–Trinajstić information content (AvgIpc) is 3.18. The van der Waals surface area contributed by atoms with Crippen LogP contribution in [0.1, 0.15) is 90.8 Å². The number of aliphatic hydroxyl groups excluding tert-OH is 1. The molecule has 2 aliphatic heterocycles. The third-order valence-electron chi connectivity index (χ3n) is 7.80. The first kappa shape index (κ1) is 27.0. The van der Waals surface area contributed by atoms with E-state index in [2.05, 4.69) is 24.1 Å². The summed E-state index contributed by atoms with van der Waals surface area (Å²) in [4.78, 5) is 30.7. The molecule has 2 N–H and O–H groups in total. The van der Waals surface area contributed by atoms with E-state index in [4.69, 9.17) is 4.74 Å². The smallest absolute Gasteiger partial charge is 0.223 e. The van der Waals surface area contributed by atoms with Gasteiger partial charge >= 0.3 is 0 Å². The quantitative estimate of drug-likeness (QED) is 0.564. The van der Waals surface area contributed by atoms with E-state index in [0.29, 0.717) is 12.3 Å². The normalized spacial score (nSPS) is 36.0. The lowest BCUT2D eigenvalue weighted by Gasteiger charge is -2.32. The number of ketones is 1. The third-order valence-corrected chi connectivity index (χ3v) is 8.59. The summed E-state index contributed by atoms with van der Waals surface area (Å²) in [6.07, 6.45) is 5.50. The lowest BCUT2D eigenvalue weighted by atomic mass is 9.74. The van der Waals surface area contributed by atoms with Crippen molar-refractivity contribution < 1.29 is 19.4 Å². The van der Waals surface area contributed by atoms with E-state index >= 15 is 0 Å². The monoisotopic (exact) mass is 490 g/mol. The van der Waals surface area contributed by atoms with Crippen molar-refractivity contribution in [3.63, 3.8) is 0 Å². The first-order chi connectivity index (χ1) is 15.8. The van der Waals surface area contributed by atoms with E-state index in [1.165, 1.54) is 0 Å². The van der Waals surface area contributed by atoms with Gasteiger partial charge in [0.05, 0.1) is 46.4 Å². The highest BCUT2D eigenvalue weighted by Gasteiger charge is 2.52. The summed E-state index contributed by atoms with van der Waals surface area (Å²) in [6, 6.07) is -0.224. The van der Waals surface area contributed by atoms with E-state index in [1.807, 2.05) is 32.2 Å². The summed E-state index contributed by atoms with van der Waals surface area (Å²) in [5.74, 6) is 0.0332. The van der Waals surface area contributed by atoms with E-state index in [1.54, 1.807) is 25.2 Å². The second kappa shape index (κ2) is 10.6. The zero-order chi connectivity index (χ0) is 25.3. The van der Waals surface area contributed by atoms with Crippen LogP contribution in [0, 0.1) is 24.2 Å². The van der Waals surface area contributed by atoms with Crippen LogP contribution in [-0.2, 0) is 14.3 Å². The van der Waals surface area contributed by atoms with Gasteiger partial charge in [0.25, 0.3) is 0 Å². The van der Waals surface area contributed by atoms with Crippen molar-refractivity contribution in [2.45, 2.75) is 111 Å². The van der Waals surface area contributed by atoms with Gasteiger partial charge in [0, 0.05) is 17.7 Å². The number of nitrogens with zero attached hydrogens (tertiary/aromatic N) is 1. The zero-order valence-corrected chi connectivity index (χ0v) is 22.6. The second-order valence-electron chi connectivity index (χ2n) is 11.4. The van der Waals surface area contributed by atoms with Crippen LogP contribution < -0.4 is 5.32 Å². The molecule has 2 aliphatic rings. The highest BCUT2D eigenvalue weighted by Crippen LogP contribution is 2.44. The zero-order valence-electron chi connectivity index (χ0n) is 21.8. The van der Waals surface area contributed by atoms with Crippen molar-refractivity contribution in [2.75, 3.05) is 0 Å². The molecule has 3 rings (SSSR count). The number of Topliss-reactive ketones (excluding diaryl/α,β-unsaturated/α-hetero) is 1. The number of fused-ring (bicyclic) bond motifs is 1. The molecule has 2 saturated heterocycles. The molecule has 1 aromatic heterocycles. The Bertz CT molecular complexity index is 923. The summed E-state index contributed by atoms with van der Waals surface area (Å²) in [5, 5.41) is 17.0. The number of hydrogen-bond acceptors (Lipinski definition) is 6. The molecule has 6 nitrogen and oxygen atoms in total. The number of rotatable bonds is 2. The predicted octanol–water partition coefficient (Wildman–Crippen LogP) is 5.08. The number of nitrogens with one attached hydrogen (secondary N) is 1. The van der Waals surface area contributed by atoms with Crippen molar-refractivity contribution in [1.29, 1.82) is 0 Å². The molecule has 1 amide bonds. The Morgan fingerprint density at radius 3 is 2.62 bits per heavy atom. The fourth-order valence-electron chi connectivity index (χ4n) is 5.27. The van der Waals surface area contributed by atoms with Crippen molar-refractivity contribution in [3.8, 4) is 0 Å². The van der Waals surface area contributed by atoms with Crippen LogP contribution in [0.2, 0.25) is 0 Å². The van der Waals surface area contributed by atoms with Crippen LogP contribution >= 0.6 is 11.3 Å². The SMILES string of the molecule is C/C(=C\c1csc(C)n1)[C@@H]1C[C@@H]2O[C@]2(C)CCC[C@H](C)C[C@@H](C)C(=O)C(C)(C)[C@@H](O)CC(=O)N1. The highest BCUT2D eigenvalue weighted by atomic mass is 32.1. The first-order valence-electron chi connectivity index (χ1n) is 12.6. The van der Waals surface area contributed by atoms with Crippen molar-refractivity contribution >= 4 is 29.1 Å². The lowest BCUT2D eigenvalue weighted by Crippen LogP contribution is -2.45. The molecule has 0 bridgehead atoms. The Morgan fingerprint density at radius 2 is 1.97 bits per heavy atom. The summed E-state index contributed by atoms with van der Waals surface area (Å²) in [7, 11) is 0. The van der Waals surface area contributed by atoms with Crippen LogP contribution in [-0.4, -0.2) is 45.6 Å². The highest BCUT2D eigenvalue weighted by molar-refractivity contribution is 7.09. The van der Waals surface area contributed by atoms with Gasteiger partial charge in [-0.3, -0.25) is 9.59 Å². The molecular weight excluding hydrogens is 448 g/mol. The number of carbonyl (C=O) groups excluding carboxylic acids is 2. The molecule has 6 atom stereocenters. The standard InChI is InChI=1S/C27H42N2O4S/c1-16-9-8-10-27(7)23(33-27)13-21(17(2)12-20-15-34-19(4)28-20)29-24(31)14-22(30)26(5,6)25(32)18(3)11-16/h12,15-16,18,21-23,30H,8-11,13-14H2,1-7H3,(H,29,31)/b17-12+/t16-,18+,21-,22-,23-,27+/m0/s1. The van der Waals surface area contributed by atoms with Crippen molar-refractivity contribution in [1.82, 2.24) is 10.3 Å². The number of carbonyl (C=O) groups is 2. The number of hydrogen-bond donors (Lipinski definition) is 2. The third kappa shape index (κ3) is 6.55. The van der Waals surface area contributed by atoms with Crippen LogP contribution in [0.5, 0.6) is 0 Å². The molecule has 7 heteroatoms. The Labute approximate surface area is 208 Å². The van der Waals surface area contributed by atoms with Gasteiger partial charge in [0.15, 0.2) is 0 Å². The molecule has 3 heterocycles. The first-order valence-corrected chi connectivity index (χ1v) is 13.5.